The molecule has 2 aliphatic heterocycles. The van der Waals surface area contributed by atoms with E-state index in [1.54, 1.807) is 11.3 Å². The van der Waals surface area contributed by atoms with E-state index in [4.69, 9.17) is 0 Å². The van der Waals surface area contributed by atoms with E-state index in [0.29, 0.717) is 0 Å². The summed E-state index contributed by atoms with van der Waals surface area (Å²) in [4.78, 5) is 2.61. The Labute approximate surface area is 85.8 Å². The van der Waals surface area contributed by atoms with Gasteiger partial charge in [-0.2, -0.15) is 0 Å². The highest BCUT2D eigenvalue weighted by Gasteiger charge is 2.26. The summed E-state index contributed by atoms with van der Waals surface area (Å²) in [5.74, 6) is 0.726. The summed E-state index contributed by atoms with van der Waals surface area (Å²) in [5, 5.41) is 0. The van der Waals surface area contributed by atoms with Crippen molar-refractivity contribution < 1.29 is 0 Å². The van der Waals surface area contributed by atoms with E-state index in [2.05, 4.69) is 29.2 Å². The maximum absolute atomic E-state index is 2.61. The van der Waals surface area contributed by atoms with Crippen molar-refractivity contribution in [1.29, 1.82) is 0 Å². The van der Waals surface area contributed by atoms with Crippen LogP contribution in [-0.4, -0.2) is 18.0 Å². The molecule has 0 saturated carbocycles. The van der Waals surface area contributed by atoms with E-state index in [-0.39, 0.29) is 0 Å². The summed E-state index contributed by atoms with van der Waals surface area (Å²) in [7, 11) is 0. The highest BCUT2D eigenvalue weighted by molar-refractivity contribution is 5.38. The maximum atomic E-state index is 2.61. The fourth-order valence-corrected chi connectivity index (χ4v) is 2.90. The maximum Gasteiger partial charge on any atom is 0.0183 e. The first kappa shape index (κ1) is 8.34. The summed E-state index contributed by atoms with van der Waals surface area (Å²) < 4.78 is 0. The van der Waals surface area contributed by atoms with Crippen molar-refractivity contribution >= 4 is 0 Å². The molecule has 0 aromatic carbocycles. The molecule has 1 atom stereocenters. The average molecular weight is 187 g/mol. The zero-order chi connectivity index (χ0) is 9.38. The predicted molar refractivity (Wildman–Crippen MR) is 58.8 cm³/mol. The van der Waals surface area contributed by atoms with E-state index in [0.717, 1.165) is 5.92 Å². The summed E-state index contributed by atoms with van der Waals surface area (Å²) in [5.41, 5.74) is 3.26. The van der Waals surface area contributed by atoms with Crippen LogP contribution in [0.4, 0.5) is 0 Å². The highest BCUT2D eigenvalue weighted by atomic mass is 15.1. The van der Waals surface area contributed by atoms with Crippen molar-refractivity contribution in [2.75, 3.05) is 13.1 Å². The smallest absolute Gasteiger partial charge is 0.0183 e. The normalized spacial score (nSPS) is 30.3. The second-order valence-electron chi connectivity index (χ2n) is 4.49. The van der Waals surface area contributed by atoms with Gasteiger partial charge in [-0.1, -0.05) is 24.3 Å². The molecule has 0 aromatic heterocycles. The van der Waals surface area contributed by atoms with Crippen molar-refractivity contribution in [2.24, 2.45) is 5.92 Å². The largest absolute Gasteiger partial charge is 0.375 e. The lowest BCUT2D eigenvalue weighted by Crippen LogP contribution is -2.35. The molecular formula is C13H17N. The molecule has 0 spiro atoms. The van der Waals surface area contributed by atoms with Crippen molar-refractivity contribution in [2.45, 2.75) is 25.7 Å². The van der Waals surface area contributed by atoms with Crippen LogP contribution in [0, 0.1) is 5.92 Å². The Kier molecular flexibility index (Phi) is 1.97. The molecule has 0 amide bonds. The van der Waals surface area contributed by atoms with Gasteiger partial charge in [0, 0.05) is 24.7 Å². The van der Waals surface area contributed by atoms with E-state index >= 15 is 0 Å². The monoisotopic (exact) mass is 187 g/mol. The van der Waals surface area contributed by atoms with Gasteiger partial charge in [0.25, 0.3) is 0 Å². The standard InChI is InChI=1S/C13H17N/c1-2-6-12-11(5-1)8-10-14-9-4-3-7-13(12)14/h1-2,5-6,11H,3-4,7-10H2. The molecule has 0 N–H and O–H groups in total. The van der Waals surface area contributed by atoms with Crippen LogP contribution in [0.3, 0.4) is 0 Å². The number of rotatable bonds is 0. The Hall–Kier alpha value is -0.980. The summed E-state index contributed by atoms with van der Waals surface area (Å²) in [6, 6.07) is 0. The van der Waals surface area contributed by atoms with Gasteiger partial charge < -0.3 is 4.90 Å². The molecule has 14 heavy (non-hydrogen) atoms. The number of piperidine rings is 1. The van der Waals surface area contributed by atoms with Gasteiger partial charge in [0.1, 0.15) is 0 Å². The first-order valence-electron chi connectivity index (χ1n) is 5.78. The minimum Gasteiger partial charge on any atom is -0.375 e. The first-order valence-corrected chi connectivity index (χ1v) is 5.78. The molecule has 1 unspecified atom stereocenters. The predicted octanol–water partition coefficient (Wildman–Crippen LogP) is 2.87. The van der Waals surface area contributed by atoms with Crippen LogP contribution in [0.5, 0.6) is 0 Å². The van der Waals surface area contributed by atoms with Gasteiger partial charge in [0.05, 0.1) is 0 Å². The van der Waals surface area contributed by atoms with Crippen LogP contribution in [-0.2, 0) is 0 Å². The zero-order valence-electron chi connectivity index (χ0n) is 8.58. The molecule has 0 aromatic rings. The molecule has 74 valence electrons. The SMILES string of the molecule is C1=CC2=C3CCCCN3CCC2C=C1. The van der Waals surface area contributed by atoms with Crippen LogP contribution >= 0.6 is 0 Å². The number of fused-ring (bicyclic) bond motifs is 2. The fraction of sp³-hybridized carbons (Fsp3) is 0.538. The van der Waals surface area contributed by atoms with Crippen molar-refractivity contribution in [3.63, 3.8) is 0 Å². The average Bonchev–Trinajstić information content (AvgIpc) is 2.29. The Bertz CT molecular complexity index is 322. The van der Waals surface area contributed by atoms with E-state index in [1.807, 2.05) is 0 Å². The van der Waals surface area contributed by atoms with Crippen molar-refractivity contribution in [3.8, 4) is 0 Å². The molecule has 0 radical (unpaired) electrons. The third-order valence-corrected chi connectivity index (χ3v) is 3.65. The van der Waals surface area contributed by atoms with Crippen molar-refractivity contribution in [1.82, 2.24) is 4.90 Å². The third-order valence-electron chi connectivity index (χ3n) is 3.65. The van der Waals surface area contributed by atoms with Crippen molar-refractivity contribution in [3.05, 3.63) is 35.6 Å². The zero-order valence-corrected chi connectivity index (χ0v) is 8.58. The summed E-state index contributed by atoms with van der Waals surface area (Å²) in [6.07, 6.45) is 14.5. The number of hydrogen-bond acceptors (Lipinski definition) is 1. The first-order chi connectivity index (χ1) is 6.95. The van der Waals surface area contributed by atoms with E-state index in [1.165, 1.54) is 38.8 Å². The lowest BCUT2D eigenvalue weighted by molar-refractivity contribution is 0.255. The fourth-order valence-electron chi connectivity index (χ4n) is 2.90. The number of hydrogen-bond donors (Lipinski definition) is 0. The van der Waals surface area contributed by atoms with Crippen LogP contribution in [0.25, 0.3) is 0 Å². The number of allylic oxidation sites excluding steroid dienone is 6. The van der Waals surface area contributed by atoms with E-state index in [9.17, 15) is 0 Å². The van der Waals surface area contributed by atoms with Gasteiger partial charge in [-0.3, -0.25) is 0 Å². The van der Waals surface area contributed by atoms with Crippen LogP contribution < -0.4 is 0 Å². The minimum atomic E-state index is 0.726. The lowest BCUT2D eigenvalue weighted by Gasteiger charge is -2.40. The molecule has 1 nitrogen and oxygen atoms in total. The minimum absolute atomic E-state index is 0.726. The third kappa shape index (κ3) is 1.23. The molecule has 1 saturated heterocycles. The highest BCUT2D eigenvalue weighted by Crippen LogP contribution is 2.36. The second-order valence-corrected chi connectivity index (χ2v) is 4.49. The second kappa shape index (κ2) is 3.30. The van der Waals surface area contributed by atoms with Crippen LogP contribution in [0.15, 0.2) is 35.6 Å². The Morgan fingerprint density at radius 2 is 2.14 bits per heavy atom. The van der Waals surface area contributed by atoms with Crippen LogP contribution in [0.1, 0.15) is 25.7 Å². The Balaban J connectivity index is 2.00. The molecule has 1 heteroatoms. The molecular weight excluding hydrogens is 170 g/mol. The van der Waals surface area contributed by atoms with Gasteiger partial charge >= 0.3 is 0 Å². The molecule has 2 heterocycles. The molecule has 3 aliphatic rings. The number of nitrogens with zero attached hydrogens (tertiary/aromatic N) is 1. The van der Waals surface area contributed by atoms with Gasteiger partial charge in [0.15, 0.2) is 0 Å². The van der Waals surface area contributed by atoms with Gasteiger partial charge in [-0.25, -0.2) is 0 Å². The molecule has 0 bridgehead atoms. The molecule has 1 fully saturated rings. The molecule has 3 rings (SSSR count). The Morgan fingerprint density at radius 3 is 3.14 bits per heavy atom. The quantitative estimate of drug-likeness (QED) is 0.563. The lowest BCUT2D eigenvalue weighted by atomic mass is 9.84. The van der Waals surface area contributed by atoms with Gasteiger partial charge in [-0.15, -0.1) is 0 Å². The van der Waals surface area contributed by atoms with Gasteiger partial charge in [0.2, 0.25) is 0 Å². The summed E-state index contributed by atoms with van der Waals surface area (Å²) >= 11 is 0. The van der Waals surface area contributed by atoms with E-state index < -0.39 is 0 Å². The Morgan fingerprint density at radius 1 is 1.14 bits per heavy atom. The summed E-state index contributed by atoms with van der Waals surface area (Å²) in [6.45, 7) is 2.57. The topological polar surface area (TPSA) is 3.24 Å². The molecule has 1 aliphatic carbocycles. The van der Waals surface area contributed by atoms with Gasteiger partial charge in [-0.05, 0) is 31.3 Å². The van der Waals surface area contributed by atoms with Crippen LogP contribution in [0.2, 0.25) is 0 Å².